The zero-order valence-electron chi connectivity index (χ0n) is 17.7. The fourth-order valence-corrected chi connectivity index (χ4v) is 5.70. The van der Waals surface area contributed by atoms with Gasteiger partial charge in [-0.1, -0.05) is 19.1 Å². The second-order valence-electron chi connectivity index (χ2n) is 8.88. The van der Waals surface area contributed by atoms with E-state index in [1.807, 2.05) is 0 Å². The molecule has 170 valence electrons. The van der Waals surface area contributed by atoms with Crippen LogP contribution >= 0.6 is 0 Å². The van der Waals surface area contributed by atoms with Gasteiger partial charge in [-0.15, -0.1) is 0 Å². The van der Waals surface area contributed by atoms with E-state index < -0.39 is 70.0 Å². The maximum atomic E-state index is 13.4. The number of aliphatic hydroxyl groups is 3. The maximum absolute atomic E-state index is 13.4. The Morgan fingerprint density at radius 1 is 1.16 bits per heavy atom. The summed E-state index contributed by atoms with van der Waals surface area (Å²) in [5.41, 5.74) is 8.40. The highest BCUT2D eigenvalue weighted by Crippen LogP contribution is 2.54. The molecule has 6 atom stereocenters. The lowest BCUT2D eigenvalue weighted by molar-refractivity contribution is -0.150. The van der Waals surface area contributed by atoms with Gasteiger partial charge in [-0.2, -0.15) is 0 Å². The van der Waals surface area contributed by atoms with Crippen LogP contribution in [0, 0.1) is 11.8 Å². The zero-order chi connectivity index (χ0) is 23.9. The second kappa shape index (κ2) is 6.89. The monoisotopic (exact) mass is 443 g/mol. The summed E-state index contributed by atoms with van der Waals surface area (Å²) in [6.45, 7) is 1.76. The predicted molar refractivity (Wildman–Crippen MR) is 112 cm³/mol. The number of phenols is 1. The Labute approximate surface area is 183 Å². The molecule has 10 nitrogen and oxygen atoms in total. The van der Waals surface area contributed by atoms with E-state index in [1.165, 1.54) is 11.0 Å². The minimum atomic E-state index is -2.77. The number of carbonyl (C=O) groups excluding carboxylic acids is 3. The van der Waals surface area contributed by atoms with Crippen molar-refractivity contribution in [3.05, 3.63) is 52.0 Å². The highest BCUT2D eigenvalue weighted by molar-refractivity contribution is 6.25. The average Bonchev–Trinajstić information content (AvgIpc) is 2.70. The molecule has 10 heteroatoms. The van der Waals surface area contributed by atoms with Crippen LogP contribution in [0.4, 0.5) is 0 Å². The van der Waals surface area contributed by atoms with Crippen LogP contribution in [0.3, 0.4) is 0 Å². The van der Waals surface area contributed by atoms with Crippen LogP contribution in [0.15, 0.2) is 40.9 Å². The normalized spacial score (nSPS) is 34.4. The molecule has 8 N–H and O–H groups in total. The van der Waals surface area contributed by atoms with Gasteiger partial charge in [-0.3, -0.25) is 19.3 Å². The first-order chi connectivity index (χ1) is 14.9. The quantitative estimate of drug-likeness (QED) is 0.331. The largest absolute Gasteiger partial charge is 0.510 e. The Morgan fingerprint density at radius 2 is 1.78 bits per heavy atom. The van der Waals surface area contributed by atoms with Crippen LogP contribution in [0.1, 0.15) is 28.8 Å². The van der Waals surface area contributed by atoms with Crippen LogP contribution in [0.5, 0.6) is 5.75 Å². The van der Waals surface area contributed by atoms with E-state index in [9.17, 15) is 34.8 Å². The van der Waals surface area contributed by atoms with Crippen molar-refractivity contribution in [2.24, 2.45) is 23.3 Å². The van der Waals surface area contributed by atoms with Gasteiger partial charge in [0.15, 0.2) is 11.4 Å². The molecule has 1 aromatic rings. The third-order valence-corrected chi connectivity index (χ3v) is 7.09. The number of aliphatic hydroxyl groups excluding tert-OH is 2. The van der Waals surface area contributed by atoms with E-state index in [0.717, 1.165) is 0 Å². The zero-order valence-corrected chi connectivity index (χ0v) is 17.7. The first-order valence-electron chi connectivity index (χ1n) is 10.1. The fraction of sp³-hybridized carbons (Fsp3) is 0.409. The van der Waals surface area contributed by atoms with Gasteiger partial charge < -0.3 is 31.9 Å². The molecule has 0 spiro atoms. The first-order valence-corrected chi connectivity index (χ1v) is 10.1. The number of likely N-dealkylation sites (N-methyl/N-ethyl adjacent to an activating group) is 1. The topological polar surface area (TPSA) is 187 Å². The molecule has 4 rings (SSSR count). The number of nitrogens with two attached hydrogens (primary N) is 2. The molecule has 0 bridgehead atoms. The van der Waals surface area contributed by atoms with Crippen molar-refractivity contribution in [2.75, 3.05) is 14.1 Å². The summed E-state index contributed by atoms with van der Waals surface area (Å²) in [6.07, 6.45) is 0. The van der Waals surface area contributed by atoms with E-state index in [4.69, 9.17) is 11.5 Å². The van der Waals surface area contributed by atoms with E-state index in [1.54, 1.807) is 33.2 Å². The van der Waals surface area contributed by atoms with Crippen LogP contribution < -0.4 is 11.5 Å². The number of amides is 1. The van der Waals surface area contributed by atoms with Crippen LogP contribution in [-0.4, -0.2) is 74.6 Å². The number of Topliss-reactive ketones (excluding diaryl/α,β-unsaturated/α-hetero) is 2. The molecule has 1 aromatic carbocycles. The standard InChI is InChI=1S/C22H25N3O7/c1-7-8-5-4-6-9(26)11(8)17(27)12-10(7)15(23)14-16(25(2)3)18(28)13(21(24)31)20(30)22(14,32)19(12)29/h4-7,10,14-16,26,28-29,32H,23H2,1-3H3,(H2,24,31)/t7-,10+,14-,15-,16-,22-/m0/s1. The Kier molecular flexibility index (Phi) is 4.74. The number of phenolic OH excluding ortho intramolecular Hbond substituents is 1. The smallest absolute Gasteiger partial charge is 0.255 e. The molecular formula is C22H25N3O7. The number of nitrogens with zero attached hydrogens (tertiary/aromatic N) is 1. The molecule has 3 aliphatic rings. The lowest BCUT2D eigenvalue weighted by atomic mass is 9.54. The van der Waals surface area contributed by atoms with Crippen molar-refractivity contribution in [1.29, 1.82) is 0 Å². The van der Waals surface area contributed by atoms with Gasteiger partial charge in [0.05, 0.1) is 11.6 Å². The number of carbonyl (C=O) groups is 3. The van der Waals surface area contributed by atoms with Gasteiger partial charge >= 0.3 is 0 Å². The predicted octanol–water partition coefficient (Wildman–Crippen LogP) is -0.381. The fourth-order valence-electron chi connectivity index (χ4n) is 5.70. The Balaban J connectivity index is 2.06. The minimum Gasteiger partial charge on any atom is -0.510 e. The first kappa shape index (κ1) is 22.0. The summed E-state index contributed by atoms with van der Waals surface area (Å²) in [6, 6.07) is 2.33. The van der Waals surface area contributed by atoms with Crippen molar-refractivity contribution in [2.45, 2.75) is 30.5 Å². The highest BCUT2D eigenvalue weighted by Gasteiger charge is 2.66. The molecule has 0 heterocycles. The summed E-state index contributed by atoms with van der Waals surface area (Å²) in [4.78, 5) is 40.0. The number of primary amides is 1. The SMILES string of the molecule is C[C@H]1c2cccc(O)c2C(=O)C2=C(O)[C@]3(O)C(=O)C(C(N)=O)=C(O)[C@@H](N(C)C)[C@@H]3[C@@H](N)[C@@H]21. The average molecular weight is 443 g/mol. The highest BCUT2D eigenvalue weighted by atomic mass is 16.3. The summed E-state index contributed by atoms with van der Waals surface area (Å²) >= 11 is 0. The van der Waals surface area contributed by atoms with E-state index in [0.29, 0.717) is 5.56 Å². The molecule has 0 fully saturated rings. The third-order valence-electron chi connectivity index (χ3n) is 7.09. The summed E-state index contributed by atoms with van der Waals surface area (Å²) < 4.78 is 0. The molecule has 0 saturated heterocycles. The molecule has 32 heavy (non-hydrogen) atoms. The molecule has 0 radical (unpaired) electrons. The second-order valence-corrected chi connectivity index (χ2v) is 8.88. The van der Waals surface area contributed by atoms with Crippen LogP contribution in [0.2, 0.25) is 0 Å². The number of rotatable bonds is 2. The van der Waals surface area contributed by atoms with Gasteiger partial charge in [0.25, 0.3) is 5.91 Å². The number of ketones is 2. The van der Waals surface area contributed by atoms with E-state index in [2.05, 4.69) is 0 Å². The van der Waals surface area contributed by atoms with E-state index >= 15 is 0 Å². The van der Waals surface area contributed by atoms with Crippen LogP contribution in [0.25, 0.3) is 0 Å². The van der Waals surface area contributed by atoms with Crippen molar-refractivity contribution < 1.29 is 34.8 Å². The van der Waals surface area contributed by atoms with Gasteiger partial charge in [0.2, 0.25) is 5.78 Å². The van der Waals surface area contributed by atoms with Crippen molar-refractivity contribution in [3.8, 4) is 5.75 Å². The Bertz CT molecular complexity index is 1140. The number of fused-ring (bicyclic) bond motifs is 3. The number of benzene rings is 1. The molecule has 0 aromatic heterocycles. The Morgan fingerprint density at radius 3 is 2.34 bits per heavy atom. The summed E-state index contributed by atoms with van der Waals surface area (Å²) in [7, 11) is 3.09. The van der Waals surface area contributed by atoms with Crippen molar-refractivity contribution in [1.82, 2.24) is 4.90 Å². The molecule has 0 aliphatic heterocycles. The molecular weight excluding hydrogens is 418 g/mol. The summed E-state index contributed by atoms with van der Waals surface area (Å²) in [5, 5.41) is 43.9. The van der Waals surface area contributed by atoms with Crippen LogP contribution in [-0.2, 0) is 9.59 Å². The van der Waals surface area contributed by atoms with Crippen molar-refractivity contribution >= 4 is 17.5 Å². The number of hydrogen-bond donors (Lipinski definition) is 6. The van der Waals surface area contributed by atoms with Gasteiger partial charge in [-0.25, -0.2) is 0 Å². The maximum Gasteiger partial charge on any atom is 0.255 e. The molecule has 0 saturated carbocycles. The van der Waals surface area contributed by atoms with E-state index in [-0.39, 0.29) is 16.9 Å². The lowest BCUT2D eigenvalue weighted by Gasteiger charge is -2.54. The summed E-state index contributed by atoms with van der Waals surface area (Å²) in [5.74, 6) is -7.89. The van der Waals surface area contributed by atoms with Gasteiger partial charge in [0, 0.05) is 23.5 Å². The number of aromatic hydroxyl groups is 1. The molecule has 3 aliphatic carbocycles. The van der Waals surface area contributed by atoms with Crippen molar-refractivity contribution in [3.63, 3.8) is 0 Å². The van der Waals surface area contributed by atoms with Gasteiger partial charge in [0.1, 0.15) is 22.8 Å². The molecule has 1 amide bonds. The van der Waals surface area contributed by atoms with Gasteiger partial charge in [-0.05, 0) is 31.6 Å². The lowest BCUT2D eigenvalue weighted by Crippen LogP contribution is -2.70. The third kappa shape index (κ3) is 2.48. The minimum absolute atomic E-state index is 0.0482. The number of hydrogen-bond acceptors (Lipinski definition) is 9. The Hall–Kier alpha value is -3.21. The molecule has 0 unspecified atom stereocenters.